The van der Waals surface area contributed by atoms with Crippen molar-refractivity contribution in [1.82, 2.24) is 5.32 Å². The molecular formula is C17H27NO. The summed E-state index contributed by atoms with van der Waals surface area (Å²) in [6.07, 6.45) is 1.30. The van der Waals surface area contributed by atoms with E-state index >= 15 is 0 Å². The van der Waals surface area contributed by atoms with Crippen LogP contribution in [-0.4, -0.2) is 19.7 Å². The summed E-state index contributed by atoms with van der Waals surface area (Å²) in [6.45, 7) is 11.8. The van der Waals surface area contributed by atoms with Gasteiger partial charge in [-0.1, -0.05) is 32.9 Å². The number of nitrogens with one attached hydrogen (secondary N) is 1. The first-order chi connectivity index (χ1) is 9.08. The Hall–Kier alpha value is -1.02. The normalized spacial score (nSPS) is 25.6. The Balaban J connectivity index is 2.00. The van der Waals surface area contributed by atoms with Crippen molar-refractivity contribution in [3.8, 4) is 5.75 Å². The maximum absolute atomic E-state index is 5.52. The first-order valence-corrected chi connectivity index (χ1v) is 7.52. The lowest BCUT2D eigenvalue weighted by Crippen LogP contribution is -2.30. The fourth-order valence-corrected chi connectivity index (χ4v) is 2.87. The summed E-state index contributed by atoms with van der Waals surface area (Å²) >= 11 is 0. The van der Waals surface area contributed by atoms with E-state index in [0.29, 0.717) is 11.3 Å². The topological polar surface area (TPSA) is 21.3 Å². The van der Waals surface area contributed by atoms with Crippen LogP contribution >= 0.6 is 0 Å². The molecule has 0 radical (unpaired) electrons. The van der Waals surface area contributed by atoms with Gasteiger partial charge < -0.3 is 10.1 Å². The van der Waals surface area contributed by atoms with Crippen LogP contribution in [0.2, 0.25) is 0 Å². The highest BCUT2D eigenvalue weighted by atomic mass is 16.5. The number of benzene rings is 1. The second-order valence-corrected chi connectivity index (χ2v) is 6.24. The zero-order chi connectivity index (χ0) is 13.9. The molecule has 19 heavy (non-hydrogen) atoms. The highest BCUT2D eigenvalue weighted by Gasteiger charge is 2.51. The third kappa shape index (κ3) is 3.30. The Morgan fingerprint density at radius 2 is 1.95 bits per heavy atom. The van der Waals surface area contributed by atoms with Gasteiger partial charge in [0.05, 0.1) is 6.61 Å². The number of ether oxygens (including phenoxy) is 1. The van der Waals surface area contributed by atoms with Gasteiger partial charge in [-0.05, 0) is 49.4 Å². The zero-order valence-electron chi connectivity index (χ0n) is 12.7. The zero-order valence-corrected chi connectivity index (χ0v) is 12.7. The average molecular weight is 261 g/mol. The smallest absolute Gasteiger partial charge is 0.119 e. The van der Waals surface area contributed by atoms with Gasteiger partial charge in [0.1, 0.15) is 5.75 Å². The minimum absolute atomic E-state index is 0.361. The minimum Gasteiger partial charge on any atom is -0.494 e. The highest BCUT2D eigenvalue weighted by molar-refractivity contribution is 5.38. The van der Waals surface area contributed by atoms with E-state index in [1.807, 2.05) is 6.92 Å². The van der Waals surface area contributed by atoms with Crippen LogP contribution in [0, 0.1) is 11.8 Å². The van der Waals surface area contributed by atoms with Crippen LogP contribution in [0.4, 0.5) is 0 Å². The van der Waals surface area contributed by atoms with Gasteiger partial charge in [-0.2, -0.15) is 0 Å². The fraction of sp³-hybridized carbons (Fsp3) is 0.647. The molecule has 0 bridgehead atoms. The quantitative estimate of drug-likeness (QED) is 0.809. The molecule has 0 spiro atoms. The van der Waals surface area contributed by atoms with E-state index in [4.69, 9.17) is 4.74 Å². The molecule has 0 saturated heterocycles. The SMILES string of the molecule is CCOc1ccc(C2(CNCC(C)C)CC2C)cc1. The minimum atomic E-state index is 0.361. The van der Waals surface area contributed by atoms with Crippen LogP contribution in [0.25, 0.3) is 0 Å². The lowest BCUT2D eigenvalue weighted by molar-refractivity contribution is 0.340. The predicted molar refractivity (Wildman–Crippen MR) is 80.8 cm³/mol. The van der Waals surface area contributed by atoms with E-state index < -0.39 is 0 Å². The molecule has 2 rings (SSSR count). The molecule has 1 saturated carbocycles. The molecule has 2 atom stereocenters. The van der Waals surface area contributed by atoms with Crippen molar-refractivity contribution in [3.05, 3.63) is 29.8 Å². The van der Waals surface area contributed by atoms with E-state index in [0.717, 1.165) is 31.4 Å². The first-order valence-electron chi connectivity index (χ1n) is 7.52. The Bertz CT molecular complexity index is 398. The van der Waals surface area contributed by atoms with E-state index in [9.17, 15) is 0 Å². The summed E-state index contributed by atoms with van der Waals surface area (Å²) in [6, 6.07) is 8.69. The summed E-state index contributed by atoms with van der Waals surface area (Å²) in [4.78, 5) is 0. The summed E-state index contributed by atoms with van der Waals surface area (Å²) < 4.78 is 5.52. The molecule has 1 fully saturated rings. The van der Waals surface area contributed by atoms with Crippen LogP contribution in [-0.2, 0) is 5.41 Å². The van der Waals surface area contributed by atoms with E-state index in [-0.39, 0.29) is 0 Å². The Morgan fingerprint density at radius 3 is 2.42 bits per heavy atom. The molecule has 2 unspecified atom stereocenters. The second-order valence-electron chi connectivity index (χ2n) is 6.24. The third-order valence-corrected chi connectivity index (χ3v) is 4.19. The van der Waals surface area contributed by atoms with Crippen LogP contribution in [0.1, 0.15) is 39.7 Å². The standard InChI is InChI=1S/C17H27NO/c1-5-19-16-8-6-15(7-9-16)17(10-14(17)4)12-18-11-13(2)3/h6-9,13-14,18H,5,10-12H2,1-4H3. The van der Waals surface area contributed by atoms with Crippen molar-refractivity contribution in [1.29, 1.82) is 0 Å². The van der Waals surface area contributed by atoms with E-state index in [2.05, 4.69) is 50.4 Å². The number of hydrogen-bond acceptors (Lipinski definition) is 2. The lowest BCUT2D eigenvalue weighted by atomic mass is 9.93. The predicted octanol–water partition coefficient (Wildman–Crippen LogP) is 3.61. The van der Waals surface area contributed by atoms with E-state index in [1.54, 1.807) is 0 Å². The summed E-state index contributed by atoms with van der Waals surface area (Å²) in [5, 5.41) is 3.63. The van der Waals surface area contributed by atoms with Gasteiger partial charge in [0.25, 0.3) is 0 Å². The van der Waals surface area contributed by atoms with Gasteiger partial charge in [0, 0.05) is 12.0 Å². The van der Waals surface area contributed by atoms with Gasteiger partial charge in [-0.25, -0.2) is 0 Å². The molecule has 1 aliphatic rings. The maximum atomic E-state index is 5.52. The molecule has 0 heterocycles. The summed E-state index contributed by atoms with van der Waals surface area (Å²) in [7, 11) is 0. The van der Waals surface area contributed by atoms with Crippen LogP contribution in [0.15, 0.2) is 24.3 Å². The molecule has 1 aromatic rings. The summed E-state index contributed by atoms with van der Waals surface area (Å²) in [5.41, 5.74) is 1.82. The molecule has 0 aromatic heterocycles. The van der Waals surface area contributed by atoms with Crippen LogP contribution in [0.3, 0.4) is 0 Å². The maximum Gasteiger partial charge on any atom is 0.119 e. The molecule has 2 heteroatoms. The molecule has 106 valence electrons. The Morgan fingerprint density at radius 1 is 1.32 bits per heavy atom. The number of rotatable bonds is 7. The van der Waals surface area contributed by atoms with Gasteiger partial charge in [0.15, 0.2) is 0 Å². The molecule has 1 aromatic carbocycles. The Labute approximate surface area is 117 Å². The van der Waals surface area contributed by atoms with E-state index in [1.165, 1.54) is 12.0 Å². The van der Waals surface area contributed by atoms with Crippen molar-refractivity contribution in [2.24, 2.45) is 11.8 Å². The number of hydrogen-bond donors (Lipinski definition) is 1. The molecule has 1 N–H and O–H groups in total. The Kier molecular flexibility index (Phi) is 4.51. The fourth-order valence-electron chi connectivity index (χ4n) is 2.87. The van der Waals surface area contributed by atoms with Gasteiger partial charge >= 0.3 is 0 Å². The monoisotopic (exact) mass is 261 g/mol. The first kappa shape index (κ1) is 14.4. The molecular weight excluding hydrogens is 234 g/mol. The molecule has 2 nitrogen and oxygen atoms in total. The highest BCUT2D eigenvalue weighted by Crippen LogP contribution is 2.53. The van der Waals surface area contributed by atoms with Crippen LogP contribution < -0.4 is 10.1 Å². The average Bonchev–Trinajstić information content (AvgIpc) is 3.02. The largest absolute Gasteiger partial charge is 0.494 e. The van der Waals surface area contributed by atoms with Crippen molar-refractivity contribution in [3.63, 3.8) is 0 Å². The molecule has 0 amide bonds. The van der Waals surface area contributed by atoms with Gasteiger partial charge in [-0.15, -0.1) is 0 Å². The van der Waals surface area contributed by atoms with Crippen LogP contribution in [0.5, 0.6) is 5.75 Å². The molecule has 0 aliphatic heterocycles. The third-order valence-electron chi connectivity index (χ3n) is 4.19. The molecule has 1 aliphatic carbocycles. The van der Waals surface area contributed by atoms with Crippen molar-refractivity contribution < 1.29 is 4.74 Å². The lowest BCUT2D eigenvalue weighted by Gasteiger charge is -2.19. The van der Waals surface area contributed by atoms with Crippen molar-refractivity contribution in [2.45, 2.75) is 39.5 Å². The van der Waals surface area contributed by atoms with Gasteiger partial charge in [-0.3, -0.25) is 0 Å². The second kappa shape index (κ2) is 5.96. The van der Waals surface area contributed by atoms with Crippen molar-refractivity contribution >= 4 is 0 Å². The van der Waals surface area contributed by atoms with Crippen molar-refractivity contribution in [2.75, 3.05) is 19.7 Å². The van der Waals surface area contributed by atoms with Gasteiger partial charge in [0.2, 0.25) is 0 Å². The summed E-state index contributed by atoms with van der Waals surface area (Å²) in [5.74, 6) is 2.47.